The summed E-state index contributed by atoms with van der Waals surface area (Å²) in [6.07, 6.45) is 1.55. The van der Waals surface area contributed by atoms with Crippen LogP contribution in [0.2, 0.25) is 5.02 Å². The Morgan fingerprint density at radius 2 is 1.76 bits per heavy atom. The van der Waals surface area contributed by atoms with Crippen LogP contribution < -0.4 is 4.74 Å². The van der Waals surface area contributed by atoms with Crippen molar-refractivity contribution in [2.75, 3.05) is 7.11 Å². The van der Waals surface area contributed by atoms with Gasteiger partial charge in [0.25, 0.3) is 0 Å². The van der Waals surface area contributed by atoms with E-state index in [2.05, 4.69) is 0 Å². The van der Waals surface area contributed by atoms with Gasteiger partial charge in [-0.05, 0) is 48.0 Å². The topological polar surface area (TPSA) is 50.1 Å². The van der Waals surface area contributed by atoms with Crippen molar-refractivity contribution in [3.63, 3.8) is 0 Å². The Morgan fingerprint density at radius 3 is 2.29 bits per heavy atom. The minimum Gasteiger partial charge on any atom is -0.497 e. The smallest absolute Gasteiger partial charge is 0.203 e. The molecular weight excluding hydrogens is 286 g/mol. The van der Waals surface area contributed by atoms with Gasteiger partial charge in [-0.15, -0.1) is 0 Å². The lowest BCUT2D eigenvalue weighted by molar-refractivity contribution is 0.104. The third-order valence-corrected chi connectivity index (χ3v) is 3.15. The molecule has 0 N–H and O–H groups in total. The molecule has 4 heteroatoms. The second-order valence-corrected chi connectivity index (χ2v) is 4.72. The SMILES string of the molecule is COc1ccc(C=C(C#N)C(=O)c2ccc(Cl)cc2)cc1. The van der Waals surface area contributed by atoms with Gasteiger partial charge in [0.15, 0.2) is 0 Å². The highest BCUT2D eigenvalue weighted by atomic mass is 35.5. The Balaban J connectivity index is 2.29. The zero-order valence-electron chi connectivity index (χ0n) is 11.3. The van der Waals surface area contributed by atoms with Crippen LogP contribution in [0.4, 0.5) is 0 Å². The number of nitrogens with zero attached hydrogens (tertiary/aromatic N) is 1. The van der Waals surface area contributed by atoms with Gasteiger partial charge in [0.2, 0.25) is 5.78 Å². The fourth-order valence-corrected chi connectivity index (χ4v) is 1.90. The number of halogens is 1. The molecular formula is C17H12ClNO2. The molecule has 0 bridgehead atoms. The second-order valence-electron chi connectivity index (χ2n) is 4.28. The minimum atomic E-state index is -0.329. The third-order valence-electron chi connectivity index (χ3n) is 2.90. The largest absolute Gasteiger partial charge is 0.497 e. The van der Waals surface area contributed by atoms with Crippen LogP contribution in [-0.2, 0) is 0 Å². The lowest BCUT2D eigenvalue weighted by atomic mass is 10.0. The van der Waals surface area contributed by atoms with E-state index in [4.69, 9.17) is 16.3 Å². The molecule has 0 amide bonds. The Hall–Kier alpha value is -2.57. The molecule has 0 saturated heterocycles. The third kappa shape index (κ3) is 3.71. The summed E-state index contributed by atoms with van der Waals surface area (Å²) in [5.41, 5.74) is 1.26. The van der Waals surface area contributed by atoms with Crippen LogP contribution in [-0.4, -0.2) is 12.9 Å². The zero-order chi connectivity index (χ0) is 15.2. The van der Waals surface area contributed by atoms with Crippen molar-refractivity contribution in [2.24, 2.45) is 0 Å². The molecule has 0 aliphatic rings. The van der Waals surface area contributed by atoms with Crippen molar-refractivity contribution in [3.8, 4) is 11.8 Å². The number of Topliss-reactive ketones (excluding diaryl/α,β-unsaturated/α-hetero) is 1. The average Bonchev–Trinajstić information content (AvgIpc) is 2.53. The van der Waals surface area contributed by atoms with E-state index >= 15 is 0 Å². The number of nitriles is 1. The number of hydrogen-bond donors (Lipinski definition) is 0. The van der Waals surface area contributed by atoms with Crippen LogP contribution in [0.5, 0.6) is 5.75 Å². The number of methoxy groups -OCH3 is 1. The lowest BCUT2D eigenvalue weighted by Crippen LogP contribution is -2.01. The van der Waals surface area contributed by atoms with E-state index in [9.17, 15) is 10.1 Å². The number of hydrogen-bond acceptors (Lipinski definition) is 3. The molecule has 0 aliphatic heterocycles. The number of rotatable bonds is 4. The van der Waals surface area contributed by atoms with Crippen LogP contribution in [0, 0.1) is 11.3 Å². The van der Waals surface area contributed by atoms with Gasteiger partial charge in [0.05, 0.1) is 7.11 Å². The van der Waals surface area contributed by atoms with Gasteiger partial charge in [-0.25, -0.2) is 0 Å². The van der Waals surface area contributed by atoms with Gasteiger partial charge in [0, 0.05) is 10.6 Å². The molecule has 104 valence electrons. The van der Waals surface area contributed by atoms with E-state index in [0.717, 1.165) is 11.3 Å². The van der Waals surface area contributed by atoms with Crippen LogP contribution in [0.25, 0.3) is 6.08 Å². The maximum atomic E-state index is 12.3. The highest BCUT2D eigenvalue weighted by molar-refractivity contribution is 6.30. The lowest BCUT2D eigenvalue weighted by Gasteiger charge is -2.02. The summed E-state index contributed by atoms with van der Waals surface area (Å²) in [5.74, 6) is 0.389. The summed E-state index contributed by atoms with van der Waals surface area (Å²) >= 11 is 5.79. The summed E-state index contributed by atoms with van der Waals surface area (Å²) in [5, 5.41) is 9.73. The average molecular weight is 298 g/mol. The first-order chi connectivity index (χ1) is 10.1. The van der Waals surface area contributed by atoms with Crippen LogP contribution >= 0.6 is 11.6 Å². The predicted molar refractivity (Wildman–Crippen MR) is 82.4 cm³/mol. The maximum Gasteiger partial charge on any atom is 0.203 e. The normalized spacial score (nSPS) is 10.8. The fourth-order valence-electron chi connectivity index (χ4n) is 1.77. The molecule has 0 unspecified atom stereocenters. The van der Waals surface area contributed by atoms with Crippen LogP contribution in [0.1, 0.15) is 15.9 Å². The van der Waals surface area contributed by atoms with Gasteiger partial charge in [0.1, 0.15) is 17.4 Å². The van der Waals surface area contributed by atoms with Gasteiger partial charge < -0.3 is 4.74 Å². The molecule has 0 atom stereocenters. The summed E-state index contributed by atoms with van der Waals surface area (Å²) in [4.78, 5) is 12.3. The summed E-state index contributed by atoms with van der Waals surface area (Å²) in [6.45, 7) is 0. The molecule has 0 spiro atoms. The highest BCUT2D eigenvalue weighted by Crippen LogP contribution is 2.17. The molecule has 0 heterocycles. The van der Waals surface area contributed by atoms with Crippen molar-refractivity contribution in [1.82, 2.24) is 0 Å². The Bertz CT molecular complexity index is 710. The van der Waals surface area contributed by atoms with Gasteiger partial charge in [-0.2, -0.15) is 5.26 Å². The van der Waals surface area contributed by atoms with Crippen molar-refractivity contribution in [3.05, 3.63) is 70.3 Å². The van der Waals surface area contributed by atoms with Crippen molar-refractivity contribution in [2.45, 2.75) is 0 Å². The standard InChI is InChI=1S/C17H12ClNO2/c1-21-16-8-2-12(3-9-16)10-14(11-19)17(20)13-4-6-15(18)7-5-13/h2-10H,1H3. The molecule has 2 rings (SSSR count). The predicted octanol–water partition coefficient (Wildman–Crippen LogP) is 4.14. The first kappa shape index (κ1) is 14.8. The molecule has 0 fully saturated rings. The molecule has 2 aromatic carbocycles. The van der Waals surface area contributed by atoms with Gasteiger partial charge in [-0.3, -0.25) is 4.79 Å². The number of ether oxygens (including phenoxy) is 1. The zero-order valence-corrected chi connectivity index (χ0v) is 12.1. The van der Waals surface area contributed by atoms with E-state index < -0.39 is 0 Å². The number of ketones is 1. The molecule has 0 saturated carbocycles. The minimum absolute atomic E-state index is 0.0717. The monoisotopic (exact) mass is 297 g/mol. The fraction of sp³-hybridized carbons (Fsp3) is 0.0588. The van der Waals surface area contributed by atoms with E-state index in [1.165, 1.54) is 0 Å². The van der Waals surface area contributed by atoms with Crippen LogP contribution in [0.3, 0.4) is 0 Å². The molecule has 2 aromatic rings. The molecule has 3 nitrogen and oxygen atoms in total. The molecule has 21 heavy (non-hydrogen) atoms. The van der Waals surface area contributed by atoms with Gasteiger partial charge in [-0.1, -0.05) is 23.7 Å². The second kappa shape index (κ2) is 6.74. The number of carbonyl (C=O) groups excluding carboxylic acids is 1. The van der Waals surface area contributed by atoms with E-state index in [0.29, 0.717) is 10.6 Å². The quantitative estimate of drug-likeness (QED) is 0.484. The number of allylic oxidation sites excluding steroid dienone is 1. The maximum absolute atomic E-state index is 12.3. The molecule has 0 aromatic heterocycles. The van der Waals surface area contributed by atoms with E-state index in [-0.39, 0.29) is 11.4 Å². The van der Waals surface area contributed by atoms with E-state index in [1.54, 1.807) is 61.7 Å². The summed E-state index contributed by atoms with van der Waals surface area (Å²) in [6, 6.07) is 15.5. The summed E-state index contributed by atoms with van der Waals surface area (Å²) < 4.78 is 5.06. The number of carbonyl (C=O) groups is 1. The van der Waals surface area contributed by atoms with Crippen molar-refractivity contribution >= 4 is 23.5 Å². The van der Waals surface area contributed by atoms with Crippen molar-refractivity contribution in [1.29, 1.82) is 5.26 Å². The first-order valence-corrected chi connectivity index (χ1v) is 6.58. The Kier molecular flexibility index (Phi) is 4.76. The van der Waals surface area contributed by atoms with Crippen LogP contribution in [0.15, 0.2) is 54.1 Å². The van der Waals surface area contributed by atoms with Gasteiger partial charge >= 0.3 is 0 Å². The van der Waals surface area contributed by atoms with Crippen molar-refractivity contribution < 1.29 is 9.53 Å². The first-order valence-electron chi connectivity index (χ1n) is 6.20. The molecule has 0 radical (unpaired) electrons. The highest BCUT2D eigenvalue weighted by Gasteiger charge is 2.11. The Morgan fingerprint density at radius 1 is 1.14 bits per heavy atom. The van der Waals surface area contributed by atoms with E-state index in [1.807, 2.05) is 6.07 Å². The summed E-state index contributed by atoms with van der Waals surface area (Å²) in [7, 11) is 1.58. The number of benzene rings is 2. The molecule has 0 aliphatic carbocycles. The Labute approximate surface area is 128 Å².